The Morgan fingerprint density at radius 1 is 1.17 bits per heavy atom. The van der Waals surface area contributed by atoms with Gasteiger partial charge in [-0.15, -0.1) is 0 Å². The van der Waals surface area contributed by atoms with Crippen LogP contribution in [0.4, 0.5) is 0 Å². The predicted octanol–water partition coefficient (Wildman–Crippen LogP) is -0.529. The zero-order valence-electron chi connectivity index (χ0n) is 7.34. The van der Waals surface area contributed by atoms with Crippen molar-refractivity contribution >= 4 is 0 Å². The van der Waals surface area contributed by atoms with Gasteiger partial charge in [0.2, 0.25) is 0 Å². The van der Waals surface area contributed by atoms with Crippen LogP contribution in [0.15, 0.2) is 0 Å². The third-order valence-electron chi connectivity index (χ3n) is 2.48. The zero-order chi connectivity index (χ0) is 9.30. The second-order valence-electron chi connectivity index (χ2n) is 3.31. The number of hydrogen-bond acceptors (Lipinski definition) is 4. The summed E-state index contributed by atoms with van der Waals surface area (Å²) in [5.41, 5.74) is 0. The van der Waals surface area contributed by atoms with Gasteiger partial charge in [0.25, 0.3) is 0 Å². The minimum atomic E-state index is -1.25. The molecule has 12 heavy (non-hydrogen) atoms. The van der Waals surface area contributed by atoms with Crippen molar-refractivity contribution in [2.45, 2.75) is 44.9 Å². The fourth-order valence-electron chi connectivity index (χ4n) is 1.55. The normalized spacial score (nSPS) is 49.2. The minimum Gasteiger partial charge on any atom is -0.390 e. The van der Waals surface area contributed by atoms with Crippen LogP contribution in [-0.2, 0) is 4.74 Å². The third kappa shape index (κ3) is 1.61. The molecule has 1 saturated heterocycles. The molecule has 4 heteroatoms. The van der Waals surface area contributed by atoms with Crippen LogP contribution in [0.2, 0.25) is 0 Å². The first kappa shape index (κ1) is 9.92. The molecule has 1 aliphatic rings. The summed E-state index contributed by atoms with van der Waals surface area (Å²) in [4.78, 5) is 0. The monoisotopic (exact) mass is 176 g/mol. The molecule has 0 spiro atoms. The summed E-state index contributed by atoms with van der Waals surface area (Å²) < 4.78 is 5.08. The SMILES string of the molecule is CC[C@@H]1OC(O)[C@H](O)[C@H](O)[C@H]1C. The molecule has 0 aromatic heterocycles. The molecule has 0 bridgehead atoms. The average Bonchev–Trinajstić information content (AvgIpc) is 2.08. The van der Waals surface area contributed by atoms with Crippen molar-refractivity contribution in [3.8, 4) is 0 Å². The first-order chi connectivity index (χ1) is 5.57. The fourth-order valence-corrected chi connectivity index (χ4v) is 1.55. The average molecular weight is 176 g/mol. The Morgan fingerprint density at radius 2 is 1.75 bits per heavy atom. The summed E-state index contributed by atoms with van der Waals surface area (Å²) in [6.07, 6.45) is -2.76. The van der Waals surface area contributed by atoms with Crippen LogP contribution in [0.5, 0.6) is 0 Å². The Morgan fingerprint density at radius 3 is 2.25 bits per heavy atom. The van der Waals surface area contributed by atoms with Crippen LogP contribution in [0.3, 0.4) is 0 Å². The van der Waals surface area contributed by atoms with E-state index in [-0.39, 0.29) is 12.0 Å². The van der Waals surface area contributed by atoms with E-state index in [2.05, 4.69) is 0 Å². The van der Waals surface area contributed by atoms with E-state index in [4.69, 9.17) is 9.84 Å². The van der Waals surface area contributed by atoms with Gasteiger partial charge in [-0.3, -0.25) is 0 Å². The largest absolute Gasteiger partial charge is 0.390 e. The van der Waals surface area contributed by atoms with Crippen molar-refractivity contribution in [2.75, 3.05) is 0 Å². The lowest BCUT2D eigenvalue weighted by Gasteiger charge is -2.39. The van der Waals surface area contributed by atoms with Crippen molar-refractivity contribution in [2.24, 2.45) is 5.92 Å². The van der Waals surface area contributed by atoms with Gasteiger partial charge in [0.15, 0.2) is 6.29 Å². The van der Waals surface area contributed by atoms with Crippen LogP contribution in [0.1, 0.15) is 20.3 Å². The molecule has 1 unspecified atom stereocenters. The van der Waals surface area contributed by atoms with Gasteiger partial charge < -0.3 is 20.1 Å². The van der Waals surface area contributed by atoms with Crippen LogP contribution >= 0.6 is 0 Å². The molecule has 0 radical (unpaired) electrons. The first-order valence-electron chi connectivity index (χ1n) is 4.27. The molecule has 72 valence electrons. The van der Waals surface area contributed by atoms with E-state index >= 15 is 0 Å². The Balaban J connectivity index is 2.63. The standard InChI is InChI=1S/C8H16O4/c1-3-5-4(2)6(9)7(10)8(11)12-5/h4-11H,3H2,1-2H3/t4-,5-,6+,7+,8?/m0/s1. The third-order valence-corrected chi connectivity index (χ3v) is 2.48. The quantitative estimate of drug-likeness (QED) is 0.502. The summed E-state index contributed by atoms with van der Waals surface area (Å²) in [6.45, 7) is 3.71. The number of rotatable bonds is 1. The van der Waals surface area contributed by atoms with Gasteiger partial charge in [-0.2, -0.15) is 0 Å². The Bertz CT molecular complexity index is 145. The highest BCUT2D eigenvalue weighted by Gasteiger charge is 2.40. The lowest BCUT2D eigenvalue weighted by atomic mass is 9.89. The lowest BCUT2D eigenvalue weighted by Crippen LogP contribution is -2.53. The zero-order valence-corrected chi connectivity index (χ0v) is 7.34. The van der Waals surface area contributed by atoms with Crippen molar-refractivity contribution in [1.82, 2.24) is 0 Å². The van der Waals surface area contributed by atoms with Crippen LogP contribution in [-0.4, -0.2) is 39.9 Å². The van der Waals surface area contributed by atoms with Gasteiger partial charge in [0, 0.05) is 5.92 Å². The molecular formula is C8H16O4. The number of aliphatic hydroxyl groups excluding tert-OH is 3. The fraction of sp³-hybridized carbons (Fsp3) is 1.00. The highest BCUT2D eigenvalue weighted by atomic mass is 16.6. The van der Waals surface area contributed by atoms with Gasteiger partial charge in [0.05, 0.1) is 12.2 Å². The van der Waals surface area contributed by atoms with E-state index in [1.165, 1.54) is 0 Å². The summed E-state index contributed by atoms with van der Waals surface area (Å²) in [6, 6.07) is 0. The van der Waals surface area contributed by atoms with E-state index in [0.29, 0.717) is 0 Å². The van der Waals surface area contributed by atoms with E-state index in [0.717, 1.165) is 6.42 Å². The highest BCUT2D eigenvalue weighted by Crippen LogP contribution is 2.26. The summed E-state index contributed by atoms with van der Waals surface area (Å²) in [5.74, 6) is -0.131. The molecule has 0 saturated carbocycles. The minimum absolute atomic E-state index is 0.131. The van der Waals surface area contributed by atoms with E-state index in [9.17, 15) is 10.2 Å². The summed E-state index contributed by atoms with van der Waals surface area (Å²) in [5, 5.41) is 27.8. The number of ether oxygens (including phenoxy) is 1. The number of hydrogen-bond donors (Lipinski definition) is 3. The Kier molecular flexibility index (Phi) is 3.06. The second kappa shape index (κ2) is 3.70. The second-order valence-corrected chi connectivity index (χ2v) is 3.31. The van der Waals surface area contributed by atoms with Crippen LogP contribution < -0.4 is 0 Å². The molecule has 0 aromatic rings. The van der Waals surface area contributed by atoms with Gasteiger partial charge >= 0.3 is 0 Å². The van der Waals surface area contributed by atoms with Crippen molar-refractivity contribution in [3.05, 3.63) is 0 Å². The molecular weight excluding hydrogens is 160 g/mol. The van der Waals surface area contributed by atoms with E-state index < -0.39 is 18.5 Å². The summed E-state index contributed by atoms with van der Waals surface area (Å²) in [7, 11) is 0. The molecule has 0 aliphatic carbocycles. The maximum atomic E-state index is 9.43. The smallest absolute Gasteiger partial charge is 0.183 e. The van der Waals surface area contributed by atoms with Gasteiger partial charge in [0.1, 0.15) is 6.10 Å². The Hall–Kier alpha value is -0.160. The molecule has 0 aromatic carbocycles. The molecule has 0 amide bonds. The first-order valence-corrected chi connectivity index (χ1v) is 4.27. The number of aliphatic hydroxyl groups is 3. The van der Waals surface area contributed by atoms with Gasteiger partial charge in [-0.05, 0) is 6.42 Å². The van der Waals surface area contributed by atoms with Crippen molar-refractivity contribution in [1.29, 1.82) is 0 Å². The molecule has 1 rings (SSSR count). The van der Waals surface area contributed by atoms with E-state index in [1.54, 1.807) is 6.92 Å². The van der Waals surface area contributed by atoms with Gasteiger partial charge in [-0.1, -0.05) is 13.8 Å². The molecule has 4 nitrogen and oxygen atoms in total. The molecule has 5 atom stereocenters. The van der Waals surface area contributed by atoms with Crippen molar-refractivity contribution < 1.29 is 20.1 Å². The topological polar surface area (TPSA) is 69.9 Å². The maximum absolute atomic E-state index is 9.43. The summed E-state index contributed by atoms with van der Waals surface area (Å²) >= 11 is 0. The lowest BCUT2D eigenvalue weighted by molar-refractivity contribution is -0.266. The van der Waals surface area contributed by atoms with Crippen molar-refractivity contribution in [3.63, 3.8) is 0 Å². The Labute approximate surface area is 71.8 Å². The van der Waals surface area contributed by atoms with E-state index in [1.807, 2.05) is 6.92 Å². The van der Waals surface area contributed by atoms with Gasteiger partial charge in [-0.25, -0.2) is 0 Å². The maximum Gasteiger partial charge on any atom is 0.183 e. The molecule has 1 aliphatic heterocycles. The molecule has 3 N–H and O–H groups in total. The van der Waals surface area contributed by atoms with Crippen LogP contribution in [0, 0.1) is 5.92 Å². The molecule has 1 heterocycles. The predicted molar refractivity (Wildman–Crippen MR) is 42.3 cm³/mol. The highest BCUT2D eigenvalue weighted by molar-refractivity contribution is 4.85. The molecule has 1 fully saturated rings. The van der Waals surface area contributed by atoms with Crippen LogP contribution in [0.25, 0.3) is 0 Å².